The average Bonchev–Trinajstić information content (AvgIpc) is 2.49. The molecule has 1 amide bonds. The molecule has 0 fully saturated rings. The van der Waals surface area contributed by atoms with Crippen molar-refractivity contribution in [1.82, 2.24) is 0 Å². The number of nitrogens with zero attached hydrogens (tertiary/aromatic N) is 1. The van der Waals surface area contributed by atoms with Gasteiger partial charge in [0.25, 0.3) is 5.69 Å². The van der Waals surface area contributed by atoms with Crippen molar-refractivity contribution in [2.45, 2.75) is 6.42 Å². The molecule has 7 heteroatoms. The maximum atomic E-state index is 12.0. The Morgan fingerprint density at radius 2 is 1.95 bits per heavy atom. The Labute approximate surface area is 131 Å². The number of hydrogen-bond acceptors (Lipinski definition) is 4. The summed E-state index contributed by atoms with van der Waals surface area (Å²) in [4.78, 5) is 22.5. The summed E-state index contributed by atoms with van der Waals surface area (Å²) in [5.41, 5.74) is 0.673. The molecule has 0 radical (unpaired) electrons. The molecule has 0 saturated heterocycles. The monoisotopic (exact) mass is 320 g/mol. The highest BCUT2D eigenvalue weighted by atomic mass is 35.5. The molecule has 1 N–H and O–H groups in total. The zero-order valence-electron chi connectivity index (χ0n) is 11.7. The van der Waals surface area contributed by atoms with Gasteiger partial charge in [0, 0.05) is 5.02 Å². The number of ether oxygens (including phenoxy) is 1. The first-order valence-corrected chi connectivity index (χ1v) is 6.74. The third kappa shape index (κ3) is 3.95. The van der Waals surface area contributed by atoms with Gasteiger partial charge in [-0.15, -0.1) is 0 Å². The summed E-state index contributed by atoms with van der Waals surface area (Å²) in [5.74, 6) is -0.00186. The maximum Gasteiger partial charge on any atom is 0.296 e. The molecule has 0 aliphatic rings. The van der Waals surface area contributed by atoms with Crippen molar-refractivity contribution in [1.29, 1.82) is 0 Å². The van der Waals surface area contributed by atoms with Gasteiger partial charge in [-0.2, -0.15) is 0 Å². The number of nitro groups is 1. The third-order valence-electron chi connectivity index (χ3n) is 2.95. The van der Waals surface area contributed by atoms with E-state index in [1.54, 1.807) is 30.3 Å². The van der Waals surface area contributed by atoms with Crippen LogP contribution in [0.2, 0.25) is 5.02 Å². The van der Waals surface area contributed by atoms with Crippen molar-refractivity contribution in [3.8, 4) is 5.75 Å². The van der Waals surface area contributed by atoms with Gasteiger partial charge in [0.2, 0.25) is 5.91 Å². The smallest absolute Gasteiger partial charge is 0.296 e. The van der Waals surface area contributed by atoms with E-state index in [0.29, 0.717) is 10.8 Å². The van der Waals surface area contributed by atoms with Gasteiger partial charge in [0.05, 0.1) is 24.5 Å². The molecule has 0 aromatic heterocycles. The third-order valence-corrected chi connectivity index (χ3v) is 3.21. The van der Waals surface area contributed by atoms with Gasteiger partial charge in [-0.05, 0) is 29.8 Å². The van der Waals surface area contributed by atoms with Gasteiger partial charge >= 0.3 is 0 Å². The zero-order valence-corrected chi connectivity index (χ0v) is 12.5. The number of nitro benzene ring substituents is 1. The normalized spacial score (nSPS) is 10.1. The van der Waals surface area contributed by atoms with E-state index in [2.05, 4.69) is 5.32 Å². The number of hydrogen-bond donors (Lipinski definition) is 1. The second-order valence-electron chi connectivity index (χ2n) is 4.49. The summed E-state index contributed by atoms with van der Waals surface area (Å²) in [5, 5.41) is 14.2. The Morgan fingerprint density at radius 1 is 1.27 bits per heavy atom. The number of rotatable bonds is 5. The number of halogens is 1. The number of amides is 1. The SMILES string of the molecule is COc1ccc(NC(=O)Cc2ccc(Cl)cc2)c([N+](=O)[O-])c1. The van der Waals surface area contributed by atoms with Crippen LogP contribution in [0.25, 0.3) is 0 Å². The maximum absolute atomic E-state index is 12.0. The van der Waals surface area contributed by atoms with Crippen LogP contribution in [0.5, 0.6) is 5.75 Å². The molecule has 0 saturated carbocycles. The topological polar surface area (TPSA) is 81.5 Å². The van der Waals surface area contributed by atoms with E-state index in [9.17, 15) is 14.9 Å². The van der Waals surface area contributed by atoms with Crippen LogP contribution in [-0.4, -0.2) is 17.9 Å². The molecular formula is C15H13ClN2O4. The molecule has 0 bridgehead atoms. The van der Waals surface area contributed by atoms with Crippen LogP contribution in [0, 0.1) is 10.1 Å². The highest BCUT2D eigenvalue weighted by molar-refractivity contribution is 6.30. The Hall–Kier alpha value is -2.60. The number of nitrogens with one attached hydrogen (secondary N) is 1. The molecule has 6 nitrogen and oxygen atoms in total. The highest BCUT2D eigenvalue weighted by Gasteiger charge is 2.17. The second kappa shape index (κ2) is 6.91. The van der Waals surface area contributed by atoms with Crippen molar-refractivity contribution < 1.29 is 14.5 Å². The van der Waals surface area contributed by atoms with Crippen LogP contribution in [0.4, 0.5) is 11.4 Å². The van der Waals surface area contributed by atoms with Crippen LogP contribution in [0.1, 0.15) is 5.56 Å². The fourth-order valence-electron chi connectivity index (χ4n) is 1.88. The van der Waals surface area contributed by atoms with Crippen molar-refractivity contribution in [2.75, 3.05) is 12.4 Å². The molecule has 2 aromatic rings. The van der Waals surface area contributed by atoms with E-state index in [1.165, 1.54) is 19.2 Å². The summed E-state index contributed by atoms with van der Waals surface area (Å²) in [7, 11) is 1.41. The summed E-state index contributed by atoms with van der Waals surface area (Å²) in [6, 6.07) is 11.1. The lowest BCUT2D eigenvalue weighted by Gasteiger charge is -2.07. The van der Waals surface area contributed by atoms with E-state index in [1.807, 2.05) is 0 Å². The van der Waals surface area contributed by atoms with Crippen molar-refractivity contribution in [2.24, 2.45) is 0 Å². The summed E-state index contributed by atoms with van der Waals surface area (Å²) < 4.78 is 4.94. The van der Waals surface area contributed by atoms with Crippen LogP contribution in [0.15, 0.2) is 42.5 Å². The molecule has 22 heavy (non-hydrogen) atoms. The van der Waals surface area contributed by atoms with E-state index in [0.717, 1.165) is 5.56 Å². The molecular weight excluding hydrogens is 308 g/mol. The molecule has 2 rings (SSSR count). The van der Waals surface area contributed by atoms with Crippen molar-refractivity contribution in [3.05, 3.63) is 63.2 Å². The first-order chi connectivity index (χ1) is 10.5. The van der Waals surface area contributed by atoms with Crippen molar-refractivity contribution in [3.63, 3.8) is 0 Å². The number of methoxy groups -OCH3 is 1. The van der Waals surface area contributed by atoms with Crippen LogP contribution >= 0.6 is 11.6 Å². The van der Waals surface area contributed by atoms with Crippen LogP contribution in [0.3, 0.4) is 0 Å². The van der Waals surface area contributed by atoms with E-state index in [4.69, 9.17) is 16.3 Å². The molecule has 0 heterocycles. The van der Waals surface area contributed by atoms with Crippen LogP contribution < -0.4 is 10.1 Å². The predicted molar refractivity (Wildman–Crippen MR) is 83.4 cm³/mol. The second-order valence-corrected chi connectivity index (χ2v) is 4.93. The Bertz CT molecular complexity index is 701. The van der Waals surface area contributed by atoms with Gasteiger partial charge < -0.3 is 10.1 Å². The predicted octanol–water partition coefficient (Wildman–Crippen LogP) is 3.44. The molecule has 0 atom stereocenters. The molecule has 0 spiro atoms. The Kier molecular flexibility index (Phi) is 4.95. The Balaban J connectivity index is 2.14. The minimum atomic E-state index is -0.569. The number of carbonyl (C=O) groups is 1. The van der Waals surface area contributed by atoms with E-state index < -0.39 is 4.92 Å². The first-order valence-electron chi connectivity index (χ1n) is 6.36. The lowest BCUT2D eigenvalue weighted by Crippen LogP contribution is -2.15. The number of carbonyl (C=O) groups excluding carboxylic acids is 1. The largest absolute Gasteiger partial charge is 0.496 e. The van der Waals surface area contributed by atoms with Gasteiger partial charge in [-0.1, -0.05) is 23.7 Å². The highest BCUT2D eigenvalue weighted by Crippen LogP contribution is 2.29. The standard InChI is InChI=1S/C15H13ClN2O4/c1-22-12-6-7-13(14(9-12)18(20)21)17-15(19)8-10-2-4-11(16)5-3-10/h2-7,9H,8H2,1H3,(H,17,19). The lowest BCUT2D eigenvalue weighted by molar-refractivity contribution is -0.384. The minimum Gasteiger partial charge on any atom is -0.496 e. The van der Waals surface area contributed by atoms with E-state index >= 15 is 0 Å². The molecule has 114 valence electrons. The van der Waals surface area contributed by atoms with Gasteiger partial charge in [-0.3, -0.25) is 14.9 Å². The first kappa shape index (κ1) is 15.8. The molecule has 2 aromatic carbocycles. The quantitative estimate of drug-likeness (QED) is 0.676. The van der Waals surface area contributed by atoms with Crippen LogP contribution in [-0.2, 0) is 11.2 Å². The molecule has 0 unspecified atom stereocenters. The van der Waals surface area contributed by atoms with Gasteiger partial charge in [0.1, 0.15) is 11.4 Å². The fraction of sp³-hybridized carbons (Fsp3) is 0.133. The summed E-state index contributed by atoms with van der Waals surface area (Å²) in [6.45, 7) is 0. The average molecular weight is 321 g/mol. The fourth-order valence-corrected chi connectivity index (χ4v) is 2.00. The van der Waals surface area contributed by atoms with Crippen molar-refractivity contribution >= 4 is 28.9 Å². The van der Waals surface area contributed by atoms with Gasteiger partial charge in [-0.25, -0.2) is 0 Å². The lowest BCUT2D eigenvalue weighted by atomic mass is 10.1. The van der Waals surface area contributed by atoms with Gasteiger partial charge in [0.15, 0.2) is 0 Å². The summed E-state index contributed by atoms with van der Waals surface area (Å²) in [6.07, 6.45) is 0.0976. The number of anilines is 1. The van der Waals surface area contributed by atoms with E-state index in [-0.39, 0.29) is 23.7 Å². The molecule has 0 aliphatic heterocycles. The minimum absolute atomic E-state index is 0.0976. The zero-order chi connectivity index (χ0) is 16.1. The molecule has 0 aliphatic carbocycles. The Morgan fingerprint density at radius 3 is 2.55 bits per heavy atom. The summed E-state index contributed by atoms with van der Waals surface area (Å²) >= 11 is 5.77. The number of benzene rings is 2.